The fraction of sp³-hybridized carbons (Fsp3) is 0.500. The van der Waals surface area contributed by atoms with E-state index in [2.05, 4.69) is 9.97 Å². The average molecular weight is 239 g/mol. The second-order valence-electron chi connectivity index (χ2n) is 3.76. The van der Waals surface area contributed by atoms with Crippen LogP contribution in [0.5, 0.6) is 0 Å². The van der Waals surface area contributed by atoms with E-state index >= 15 is 0 Å². The quantitative estimate of drug-likeness (QED) is 0.583. The lowest BCUT2D eigenvalue weighted by molar-refractivity contribution is -0.115. The number of fused-ring (bicyclic) bond motifs is 1. The van der Waals surface area contributed by atoms with Crippen molar-refractivity contribution in [3.63, 3.8) is 0 Å². The Morgan fingerprint density at radius 3 is 2.94 bits per heavy atom. The Morgan fingerprint density at radius 1 is 1.44 bits per heavy atom. The molecule has 0 spiro atoms. The molecule has 0 saturated heterocycles. The van der Waals surface area contributed by atoms with Gasteiger partial charge in [-0.15, -0.1) is 0 Å². The number of rotatable bonds is 3. The van der Waals surface area contributed by atoms with Gasteiger partial charge >= 0.3 is 0 Å². The zero-order valence-electron chi connectivity index (χ0n) is 8.78. The van der Waals surface area contributed by atoms with Gasteiger partial charge < -0.3 is 10.7 Å². The van der Waals surface area contributed by atoms with Gasteiger partial charge in [0.25, 0.3) is 5.56 Å². The van der Waals surface area contributed by atoms with Crippen LogP contribution >= 0.6 is 11.8 Å². The topological polar surface area (TPSA) is 88.8 Å². The summed E-state index contributed by atoms with van der Waals surface area (Å²) in [6.45, 7) is 0. The number of primary amides is 1. The predicted molar refractivity (Wildman–Crippen MR) is 61.4 cm³/mol. The summed E-state index contributed by atoms with van der Waals surface area (Å²) >= 11 is 1.17. The van der Waals surface area contributed by atoms with E-state index in [1.807, 2.05) is 0 Å². The molecule has 0 fully saturated rings. The second-order valence-corrected chi connectivity index (χ2v) is 4.72. The first-order valence-electron chi connectivity index (χ1n) is 5.20. The van der Waals surface area contributed by atoms with Crippen LogP contribution in [0.1, 0.15) is 24.1 Å². The Labute approximate surface area is 96.8 Å². The number of carbonyl (C=O) groups excluding carboxylic acids is 1. The van der Waals surface area contributed by atoms with Crippen LogP contribution in [0.3, 0.4) is 0 Å². The van der Waals surface area contributed by atoms with Crippen LogP contribution in [-0.2, 0) is 17.6 Å². The summed E-state index contributed by atoms with van der Waals surface area (Å²) in [6.07, 6.45) is 3.77. The highest BCUT2D eigenvalue weighted by molar-refractivity contribution is 7.99. The van der Waals surface area contributed by atoms with Crippen molar-refractivity contribution in [1.82, 2.24) is 9.97 Å². The average Bonchev–Trinajstić information content (AvgIpc) is 2.26. The van der Waals surface area contributed by atoms with Crippen molar-refractivity contribution in [3.8, 4) is 0 Å². The van der Waals surface area contributed by atoms with E-state index < -0.39 is 5.91 Å². The van der Waals surface area contributed by atoms with Gasteiger partial charge in [0.2, 0.25) is 5.91 Å². The fourth-order valence-electron chi connectivity index (χ4n) is 1.79. The minimum absolute atomic E-state index is 0.0725. The van der Waals surface area contributed by atoms with E-state index in [4.69, 9.17) is 5.73 Å². The summed E-state index contributed by atoms with van der Waals surface area (Å²) in [5.74, 6) is -0.271. The largest absolute Gasteiger partial charge is 0.369 e. The van der Waals surface area contributed by atoms with Gasteiger partial charge in [-0.2, -0.15) is 0 Å². The monoisotopic (exact) mass is 239 g/mol. The molecule has 1 aliphatic carbocycles. The van der Waals surface area contributed by atoms with Crippen LogP contribution in [0, 0.1) is 0 Å². The Morgan fingerprint density at radius 2 is 2.19 bits per heavy atom. The molecule has 0 radical (unpaired) electrons. The molecule has 0 saturated carbocycles. The van der Waals surface area contributed by atoms with Crippen LogP contribution in [0.25, 0.3) is 0 Å². The third kappa shape index (κ3) is 2.44. The van der Waals surface area contributed by atoms with E-state index in [0.29, 0.717) is 5.16 Å². The van der Waals surface area contributed by atoms with Crippen molar-refractivity contribution in [1.29, 1.82) is 0 Å². The third-order valence-corrected chi connectivity index (χ3v) is 3.42. The number of H-pyrrole nitrogens is 1. The number of aryl methyl sites for hydroxylation is 1. The molecule has 5 nitrogen and oxygen atoms in total. The molecule has 3 N–H and O–H groups in total. The van der Waals surface area contributed by atoms with Crippen molar-refractivity contribution < 1.29 is 4.79 Å². The highest BCUT2D eigenvalue weighted by atomic mass is 32.2. The molecule has 6 heteroatoms. The Kier molecular flexibility index (Phi) is 3.28. The van der Waals surface area contributed by atoms with Crippen LogP contribution in [0.15, 0.2) is 9.95 Å². The summed E-state index contributed by atoms with van der Waals surface area (Å²) in [5.41, 5.74) is 6.64. The number of thioether (sulfide) groups is 1. The van der Waals surface area contributed by atoms with Gasteiger partial charge in [-0.1, -0.05) is 11.8 Å². The van der Waals surface area contributed by atoms with Gasteiger partial charge in [0, 0.05) is 5.56 Å². The molecule has 0 aromatic carbocycles. The molecular formula is C10H13N3O2S. The summed E-state index contributed by atoms with van der Waals surface area (Å²) in [6, 6.07) is 0. The molecule has 16 heavy (non-hydrogen) atoms. The lowest BCUT2D eigenvalue weighted by Gasteiger charge is -2.13. The maximum Gasteiger partial charge on any atom is 0.254 e. The van der Waals surface area contributed by atoms with Gasteiger partial charge in [-0.05, 0) is 25.7 Å². The Bertz CT molecular complexity index is 470. The fourth-order valence-corrected chi connectivity index (χ4v) is 2.41. The van der Waals surface area contributed by atoms with Crippen molar-refractivity contribution in [2.45, 2.75) is 30.8 Å². The zero-order valence-corrected chi connectivity index (χ0v) is 9.60. The number of hydrogen-bond acceptors (Lipinski definition) is 4. The van der Waals surface area contributed by atoms with Gasteiger partial charge in [0.1, 0.15) is 0 Å². The van der Waals surface area contributed by atoms with E-state index in [-0.39, 0.29) is 11.3 Å². The SMILES string of the molecule is NC(=O)CSc1nc2c(c(=O)[nH]1)CCCC2. The predicted octanol–water partition coefficient (Wildman–Crippen LogP) is 0.226. The second kappa shape index (κ2) is 4.69. The first-order valence-corrected chi connectivity index (χ1v) is 6.18. The molecule has 1 aliphatic rings. The van der Waals surface area contributed by atoms with Crippen molar-refractivity contribution in [2.75, 3.05) is 5.75 Å². The number of carbonyl (C=O) groups is 1. The normalized spacial score (nSPS) is 14.5. The summed E-state index contributed by atoms with van der Waals surface area (Å²) in [7, 11) is 0. The van der Waals surface area contributed by atoms with Gasteiger partial charge in [-0.25, -0.2) is 4.98 Å². The van der Waals surface area contributed by atoms with E-state index in [1.165, 1.54) is 11.8 Å². The Hall–Kier alpha value is -1.30. The van der Waals surface area contributed by atoms with Crippen LogP contribution < -0.4 is 11.3 Å². The first kappa shape index (κ1) is 11.2. The van der Waals surface area contributed by atoms with Crippen molar-refractivity contribution >= 4 is 17.7 Å². The van der Waals surface area contributed by atoms with Gasteiger partial charge in [0.05, 0.1) is 11.4 Å². The number of aromatic amines is 1. The summed E-state index contributed by atoms with van der Waals surface area (Å²) < 4.78 is 0. The molecule has 0 bridgehead atoms. The highest BCUT2D eigenvalue weighted by Crippen LogP contribution is 2.18. The van der Waals surface area contributed by atoms with Gasteiger partial charge in [-0.3, -0.25) is 9.59 Å². The maximum atomic E-state index is 11.7. The molecule has 0 unspecified atom stereocenters. The standard InChI is InChI=1S/C10H13N3O2S/c11-8(14)5-16-10-12-7-4-2-1-3-6(7)9(15)13-10/h1-5H2,(H2,11,14)(H,12,13,15). The summed E-state index contributed by atoms with van der Waals surface area (Å²) in [4.78, 5) is 29.4. The van der Waals surface area contributed by atoms with Crippen LogP contribution in [0.4, 0.5) is 0 Å². The van der Waals surface area contributed by atoms with Crippen LogP contribution in [0.2, 0.25) is 0 Å². The molecule has 1 aromatic heterocycles. The third-order valence-electron chi connectivity index (χ3n) is 2.52. The Balaban J connectivity index is 2.25. The number of hydrogen-bond donors (Lipinski definition) is 2. The number of nitrogens with one attached hydrogen (secondary N) is 1. The van der Waals surface area contributed by atoms with E-state index in [0.717, 1.165) is 36.9 Å². The van der Waals surface area contributed by atoms with Gasteiger partial charge in [0.15, 0.2) is 5.16 Å². The molecule has 1 heterocycles. The molecular weight excluding hydrogens is 226 g/mol. The van der Waals surface area contributed by atoms with Crippen LogP contribution in [-0.4, -0.2) is 21.6 Å². The smallest absolute Gasteiger partial charge is 0.254 e. The molecule has 1 amide bonds. The number of aromatic nitrogens is 2. The summed E-state index contributed by atoms with van der Waals surface area (Å²) in [5, 5.41) is 0.490. The molecule has 86 valence electrons. The highest BCUT2D eigenvalue weighted by Gasteiger charge is 2.15. The molecule has 0 aliphatic heterocycles. The lowest BCUT2D eigenvalue weighted by atomic mass is 9.97. The van der Waals surface area contributed by atoms with Crippen molar-refractivity contribution in [3.05, 3.63) is 21.6 Å². The number of amides is 1. The molecule has 1 aromatic rings. The lowest BCUT2D eigenvalue weighted by Crippen LogP contribution is -2.22. The maximum absolute atomic E-state index is 11.7. The molecule has 0 atom stereocenters. The van der Waals surface area contributed by atoms with E-state index in [9.17, 15) is 9.59 Å². The minimum atomic E-state index is -0.412. The first-order chi connectivity index (χ1) is 7.66. The van der Waals surface area contributed by atoms with E-state index in [1.54, 1.807) is 0 Å². The zero-order chi connectivity index (χ0) is 11.5. The number of nitrogens with two attached hydrogens (primary N) is 1. The van der Waals surface area contributed by atoms with Crippen molar-refractivity contribution in [2.24, 2.45) is 5.73 Å². The minimum Gasteiger partial charge on any atom is -0.369 e. The number of nitrogens with zero attached hydrogens (tertiary/aromatic N) is 1. The molecule has 2 rings (SSSR count).